The molecule has 0 spiro atoms. The summed E-state index contributed by atoms with van der Waals surface area (Å²) in [5.74, 6) is 2.74. The van der Waals surface area contributed by atoms with Gasteiger partial charge in [0.1, 0.15) is 0 Å². The van der Waals surface area contributed by atoms with Gasteiger partial charge >= 0.3 is 0 Å². The first-order valence-electron chi connectivity index (χ1n) is 7.52. The number of carbonyl (C=O) groups is 1. The minimum atomic E-state index is 0.297. The minimum Gasteiger partial charge on any atom is -0.381 e. The molecule has 1 N–H and O–H groups in total. The van der Waals surface area contributed by atoms with Crippen LogP contribution in [-0.4, -0.2) is 25.7 Å². The molecule has 18 heavy (non-hydrogen) atoms. The summed E-state index contributed by atoms with van der Waals surface area (Å²) in [5, 5.41) is 3.08. The minimum absolute atomic E-state index is 0.297. The highest BCUT2D eigenvalue weighted by atomic mass is 16.5. The Morgan fingerprint density at radius 3 is 2.78 bits per heavy atom. The Hall–Kier alpha value is -0.570. The second-order valence-corrected chi connectivity index (χ2v) is 6.39. The normalized spacial score (nSPS) is 30.1. The van der Waals surface area contributed by atoms with Crippen LogP contribution in [0.2, 0.25) is 0 Å². The van der Waals surface area contributed by atoms with Gasteiger partial charge in [-0.1, -0.05) is 20.3 Å². The summed E-state index contributed by atoms with van der Waals surface area (Å²) < 4.78 is 5.50. The van der Waals surface area contributed by atoms with E-state index in [2.05, 4.69) is 19.2 Å². The first-order chi connectivity index (χ1) is 8.66. The molecule has 2 saturated carbocycles. The Bertz CT molecular complexity index is 278. The topological polar surface area (TPSA) is 38.3 Å². The molecule has 0 aromatic carbocycles. The van der Waals surface area contributed by atoms with Gasteiger partial charge in [0.05, 0.1) is 0 Å². The fourth-order valence-electron chi connectivity index (χ4n) is 3.40. The second-order valence-electron chi connectivity index (χ2n) is 6.39. The van der Waals surface area contributed by atoms with Crippen molar-refractivity contribution in [2.75, 3.05) is 19.8 Å². The van der Waals surface area contributed by atoms with E-state index in [1.165, 1.54) is 19.3 Å². The van der Waals surface area contributed by atoms with Crippen LogP contribution < -0.4 is 5.32 Å². The third kappa shape index (κ3) is 3.71. The van der Waals surface area contributed by atoms with E-state index in [0.717, 1.165) is 38.5 Å². The van der Waals surface area contributed by atoms with E-state index >= 15 is 0 Å². The van der Waals surface area contributed by atoms with Crippen molar-refractivity contribution in [1.82, 2.24) is 5.32 Å². The van der Waals surface area contributed by atoms with E-state index in [0.29, 0.717) is 23.7 Å². The third-order valence-corrected chi connectivity index (χ3v) is 4.29. The summed E-state index contributed by atoms with van der Waals surface area (Å²) in [6.45, 7) is 6.65. The van der Waals surface area contributed by atoms with Crippen molar-refractivity contribution in [3.05, 3.63) is 0 Å². The summed E-state index contributed by atoms with van der Waals surface area (Å²) in [6, 6.07) is 0. The molecule has 0 aliphatic heterocycles. The van der Waals surface area contributed by atoms with Gasteiger partial charge in [0.2, 0.25) is 5.91 Å². The van der Waals surface area contributed by atoms with Crippen LogP contribution in [0.3, 0.4) is 0 Å². The number of ether oxygens (including phenoxy) is 1. The zero-order valence-electron chi connectivity index (χ0n) is 11.8. The van der Waals surface area contributed by atoms with E-state index < -0.39 is 0 Å². The molecule has 2 fully saturated rings. The highest BCUT2D eigenvalue weighted by molar-refractivity contribution is 5.79. The van der Waals surface area contributed by atoms with E-state index in [9.17, 15) is 4.79 Å². The van der Waals surface area contributed by atoms with Crippen molar-refractivity contribution in [2.45, 2.75) is 46.0 Å². The van der Waals surface area contributed by atoms with Gasteiger partial charge in [-0.2, -0.15) is 0 Å². The summed E-state index contributed by atoms with van der Waals surface area (Å²) in [7, 11) is 0. The fraction of sp³-hybridized carbons (Fsp3) is 0.933. The van der Waals surface area contributed by atoms with Crippen LogP contribution >= 0.6 is 0 Å². The Labute approximate surface area is 111 Å². The number of nitrogens with one attached hydrogen (secondary N) is 1. The average Bonchev–Trinajstić information content (AvgIpc) is 2.94. The van der Waals surface area contributed by atoms with Gasteiger partial charge < -0.3 is 10.1 Å². The maximum atomic E-state index is 12.0. The van der Waals surface area contributed by atoms with Crippen LogP contribution in [0.1, 0.15) is 46.0 Å². The van der Waals surface area contributed by atoms with Crippen LogP contribution in [0.5, 0.6) is 0 Å². The first kappa shape index (κ1) is 13.9. The number of fused-ring (bicyclic) bond motifs is 2. The van der Waals surface area contributed by atoms with Gasteiger partial charge in [-0.15, -0.1) is 0 Å². The molecule has 2 aliphatic rings. The van der Waals surface area contributed by atoms with Crippen molar-refractivity contribution in [2.24, 2.45) is 23.7 Å². The number of hydrogen-bond donors (Lipinski definition) is 1. The highest BCUT2D eigenvalue weighted by Gasteiger charge is 2.42. The van der Waals surface area contributed by atoms with Crippen molar-refractivity contribution >= 4 is 5.91 Å². The molecule has 0 aromatic heterocycles. The molecule has 0 aromatic rings. The molecule has 1 amide bonds. The van der Waals surface area contributed by atoms with E-state index in [1.54, 1.807) is 0 Å². The van der Waals surface area contributed by atoms with Gasteiger partial charge in [-0.05, 0) is 43.4 Å². The molecule has 0 saturated heterocycles. The average molecular weight is 253 g/mol. The smallest absolute Gasteiger partial charge is 0.223 e. The van der Waals surface area contributed by atoms with Crippen LogP contribution in [0.4, 0.5) is 0 Å². The molecule has 104 valence electrons. The Morgan fingerprint density at radius 2 is 2.17 bits per heavy atom. The lowest BCUT2D eigenvalue weighted by Gasteiger charge is -2.20. The molecule has 3 heteroatoms. The molecule has 3 atom stereocenters. The predicted molar refractivity (Wildman–Crippen MR) is 72.2 cm³/mol. The lowest BCUT2D eigenvalue weighted by molar-refractivity contribution is -0.126. The molecular formula is C15H27NO2. The monoisotopic (exact) mass is 253 g/mol. The van der Waals surface area contributed by atoms with Crippen molar-refractivity contribution < 1.29 is 9.53 Å². The van der Waals surface area contributed by atoms with E-state index in [1.807, 2.05) is 0 Å². The molecule has 2 aliphatic carbocycles. The summed E-state index contributed by atoms with van der Waals surface area (Å²) >= 11 is 0. The molecule has 3 nitrogen and oxygen atoms in total. The lowest BCUT2D eigenvalue weighted by Crippen LogP contribution is -2.34. The Balaban J connectivity index is 1.53. The standard InChI is InChI=1S/C15H27NO2/c1-11(2)10-18-7-3-6-16-15(17)14-9-12-4-5-13(14)8-12/h11-14H,3-10H2,1-2H3,(H,16,17). The molecule has 0 radical (unpaired) electrons. The van der Waals surface area contributed by atoms with Gasteiger partial charge in [0.15, 0.2) is 0 Å². The van der Waals surface area contributed by atoms with Gasteiger partial charge in [-0.25, -0.2) is 0 Å². The molecular weight excluding hydrogens is 226 g/mol. The number of hydrogen-bond acceptors (Lipinski definition) is 2. The Morgan fingerprint density at radius 1 is 1.33 bits per heavy atom. The number of carbonyl (C=O) groups excluding carboxylic acids is 1. The molecule has 2 bridgehead atoms. The quantitative estimate of drug-likeness (QED) is 0.708. The van der Waals surface area contributed by atoms with Crippen molar-refractivity contribution in [3.63, 3.8) is 0 Å². The van der Waals surface area contributed by atoms with E-state index in [-0.39, 0.29) is 0 Å². The van der Waals surface area contributed by atoms with Crippen LogP contribution in [0.15, 0.2) is 0 Å². The zero-order valence-corrected chi connectivity index (χ0v) is 11.8. The maximum absolute atomic E-state index is 12.0. The van der Waals surface area contributed by atoms with Crippen LogP contribution in [0, 0.1) is 23.7 Å². The number of rotatable bonds is 7. The van der Waals surface area contributed by atoms with Crippen LogP contribution in [-0.2, 0) is 9.53 Å². The van der Waals surface area contributed by atoms with Crippen molar-refractivity contribution in [1.29, 1.82) is 0 Å². The van der Waals surface area contributed by atoms with Gasteiger partial charge in [0, 0.05) is 25.7 Å². The largest absolute Gasteiger partial charge is 0.381 e. The second kappa shape index (κ2) is 6.55. The van der Waals surface area contributed by atoms with Gasteiger partial charge in [-0.3, -0.25) is 4.79 Å². The predicted octanol–water partition coefficient (Wildman–Crippen LogP) is 2.60. The molecule has 3 unspecified atom stereocenters. The van der Waals surface area contributed by atoms with Crippen molar-refractivity contribution in [3.8, 4) is 0 Å². The van der Waals surface area contributed by atoms with E-state index in [4.69, 9.17) is 4.74 Å². The summed E-state index contributed by atoms with van der Waals surface area (Å²) in [5.41, 5.74) is 0. The summed E-state index contributed by atoms with van der Waals surface area (Å²) in [6.07, 6.45) is 6.01. The molecule has 0 heterocycles. The molecule has 2 rings (SSSR count). The fourth-order valence-corrected chi connectivity index (χ4v) is 3.40. The highest BCUT2D eigenvalue weighted by Crippen LogP contribution is 2.48. The third-order valence-electron chi connectivity index (χ3n) is 4.29. The number of amides is 1. The first-order valence-corrected chi connectivity index (χ1v) is 7.52. The summed E-state index contributed by atoms with van der Waals surface area (Å²) in [4.78, 5) is 12.0. The SMILES string of the molecule is CC(C)COCCCNC(=O)C1CC2CCC1C2. The zero-order chi connectivity index (χ0) is 13.0. The van der Waals surface area contributed by atoms with Crippen LogP contribution in [0.25, 0.3) is 0 Å². The van der Waals surface area contributed by atoms with Gasteiger partial charge in [0.25, 0.3) is 0 Å². The maximum Gasteiger partial charge on any atom is 0.223 e. The lowest BCUT2D eigenvalue weighted by atomic mass is 9.88. The Kier molecular flexibility index (Phi) is 5.04.